The van der Waals surface area contributed by atoms with E-state index in [0.29, 0.717) is 15.6 Å². The van der Waals surface area contributed by atoms with Gasteiger partial charge in [-0.1, -0.05) is 42.5 Å². The molecular formula is C24H22N4O6S2. The molecule has 12 heteroatoms. The van der Waals surface area contributed by atoms with Gasteiger partial charge in [0.15, 0.2) is 0 Å². The minimum absolute atomic E-state index is 0.110. The molecule has 1 aliphatic rings. The van der Waals surface area contributed by atoms with E-state index in [2.05, 4.69) is 10.5 Å². The molecule has 1 N–H and O–H groups in total. The normalized spacial score (nSPS) is 13.7. The van der Waals surface area contributed by atoms with Crippen LogP contribution < -0.4 is 14.5 Å². The second-order valence-electron chi connectivity index (χ2n) is 7.71. The summed E-state index contributed by atoms with van der Waals surface area (Å²) in [4.78, 5) is 23.5. The highest BCUT2D eigenvalue weighted by atomic mass is 32.2. The number of hydrogen-bond acceptors (Lipinski definition) is 8. The van der Waals surface area contributed by atoms with Gasteiger partial charge in [-0.25, -0.2) is 18.1 Å². The lowest BCUT2D eigenvalue weighted by Gasteiger charge is -2.25. The van der Waals surface area contributed by atoms with E-state index >= 15 is 0 Å². The summed E-state index contributed by atoms with van der Waals surface area (Å²) in [6.07, 6.45) is 1.59. The minimum Gasteiger partial charge on any atom is -0.489 e. The van der Waals surface area contributed by atoms with Crippen molar-refractivity contribution in [3.63, 3.8) is 0 Å². The van der Waals surface area contributed by atoms with Crippen molar-refractivity contribution in [3.05, 3.63) is 94.5 Å². The lowest BCUT2D eigenvalue weighted by atomic mass is 10.2. The Morgan fingerprint density at radius 3 is 2.53 bits per heavy atom. The number of nitro benzene ring substituents is 1. The van der Waals surface area contributed by atoms with Gasteiger partial charge >= 0.3 is 0 Å². The van der Waals surface area contributed by atoms with Crippen LogP contribution in [0.2, 0.25) is 0 Å². The van der Waals surface area contributed by atoms with E-state index in [1.165, 1.54) is 54.7 Å². The fraction of sp³-hybridized carbons (Fsp3) is 0.167. The molecule has 1 heterocycles. The molecule has 0 spiro atoms. The van der Waals surface area contributed by atoms with Crippen molar-refractivity contribution in [1.29, 1.82) is 0 Å². The molecule has 1 amide bonds. The number of ether oxygens (including phenoxy) is 1. The lowest BCUT2D eigenvalue weighted by molar-refractivity contribution is -0.384. The summed E-state index contributed by atoms with van der Waals surface area (Å²) in [7, 11) is -4.30. The van der Waals surface area contributed by atoms with E-state index in [-0.39, 0.29) is 16.7 Å². The number of nitrogens with one attached hydrogen (secondary N) is 1. The topological polar surface area (TPSA) is 131 Å². The first-order chi connectivity index (χ1) is 17.3. The smallest absolute Gasteiger partial charge is 0.293 e. The summed E-state index contributed by atoms with van der Waals surface area (Å²) in [5.74, 6) is 1.79. The Hall–Kier alpha value is -3.90. The Balaban J connectivity index is 1.53. The molecule has 0 saturated carbocycles. The van der Waals surface area contributed by atoms with Gasteiger partial charge in [-0.3, -0.25) is 14.9 Å². The van der Waals surface area contributed by atoms with Crippen molar-refractivity contribution in [2.75, 3.05) is 22.4 Å². The largest absolute Gasteiger partial charge is 0.489 e. The van der Waals surface area contributed by atoms with Crippen molar-refractivity contribution < 1.29 is 22.9 Å². The zero-order chi connectivity index (χ0) is 25.5. The van der Waals surface area contributed by atoms with Crippen molar-refractivity contribution in [2.45, 2.75) is 11.0 Å². The minimum atomic E-state index is -4.30. The van der Waals surface area contributed by atoms with E-state index in [1.807, 2.05) is 17.8 Å². The second-order valence-corrected chi connectivity index (χ2v) is 10.7. The predicted octanol–water partition coefficient (Wildman–Crippen LogP) is 3.43. The highest BCUT2D eigenvalue weighted by Gasteiger charge is 2.31. The van der Waals surface area contributed by atoms with Crippen LogP contribution in [0.15, 0.2) is 88.9 Å². The quantitative estimate of drug-likeness (QED) is 0.243. The number of hydrazone groups is 1. The summed E-state index contributed by atoms with van der Waals surface area (Å²) in [6.45, 7) is -0.720. The maximum atomic E-state index is 13.4. The Bertz CT molecular complexity index is 1380. The Morgan fingerprint density at radius 1 is 1.11 bits per heavy atom. The van der Waals surface area contributed by atoms with Crippen molar-refractivity contribution in [1.82, 2.24) is 5.43 Å². The van der Waals surface area contributed by atoms with Crippen LogP contribution in [0.4, 0.5) is 11.4 Å². The highest BCUT2D eigenvalue weighted by molar-refractivity contribution is 8.00. The summed E-state index contributed by atoms with van der Waals surface area (Å²) in [5.41, 5.74) is 2.29. The van der Waals surface area contributed by atoms with Crippen molar-refractivity contribution >= 4 is 45.3 Å². The van der Waals surface area contributed by atoms with Crippen LogP contribution in [0.5, 0.6) is 5.75 Å². The molecule has 4 rings (SSSR count). The third kappa shape index (κ3) is 6.01. The molecule has 0 radical (unpaired) electrons. The Labute approximate surface area is 212 Å². The van der Waals surface area contributed by atoms with Crippen molar-refractivity contribution in [3.8, 4) is 5.75 Å². The van der Waals surface area contributed by atoms with Gasteiger partial charge < -0.3 is 4.74 Å². The number of anilines is 1. The predicted molar refractivity (Wildman–Crippen MR) is 138 cm³/mol. The first-order valence-corrected chi connectivity index (χ1v) is 13.4. The van der Waals surface area contributed by atoms with Crippen LogP contribution in [0.25, 0.3) is 0 Å². The molecule has 0 unspecified atom stereocenters. The molecule has 1 fully saturated rings. The summed E-state index contributed by atoms with van der Waals surface area (Å²) >= 11 is 1.81. The third-order valence-electron chi connectivity index (χ3n) is 5.14. The number of sulfonamides is 1. The van der Waals surface area contributed by atoms with Gasteiger partial charge in [0.25, 0.3) is 21.6 Å². The van der Waals surface area contributed by atoms with E-state index in [0.717, 1.165) is 11.5 Å². The fourth-order valence-corrected chi connectivity index (χ4v) is 5.36. The zero-order valence-electron chi connectivity index (χ0n) is 18.9. The van der Waals surface area contributed by atoms with Gasteiger partial charge in [-0.15, -0.1) is 0 Å². The first-order valence-electron chi connectivity index (χ1n) is 10.8. The average Bonchev–Trinajstić information content (AvgIpc) is 2.85. The number of carbonyl (C=O) groups excluding carboxylic acids is 1. The molecule has 1 saturated heterocycles. The van der Waals surface area contributed by atoms with Gasteiger partial charge in [0.1, 0.15) is 24.1 Å². The van der Waals surface area contributed by atoms with Crippen LogP contribution in [0.1, 0.15) is 5.56 Å². The number of benzene rings is 3. The molecule has 3 aromatic carbocycles. The maximum Gasteiger partial charge on any atom is 0.293 e. The number of amides is 1. The van der Waals surface area contributed by atoms with E-state index < -0.39 is 33.1 Å². The molecule has 0 aliphatic carbocycles. The van der Waals surface area contributed by atoms with Gasteiger partial charge in [-0.2, -0.15) is 16.9 Å². The van der Waals surface area contributed by atoms with Crippen LogP contribution in [-0.2, 0) is 14.8 Å². The first kappa shape index (κ1) is 25.2. The standard InChI is InChI=1S/C24H22N4O6S2/c29-24(26-25-14-18-7-6-8-19(13-18)34-20-16-35-17-20)15-27(22-11-4-5-12-23(22)28(30)31)36(32,33)21-9-2-1-3-10-21/h1-14,20H,15-17H2,(H,26,29)/b25-14-. The van der Waals surface area contributed by atoms with Crippen molar-refractivity contribution in [2.24, 2.45) is 5.10 Å². The number of carbonyl (C=O) groups is 1. The number of thioether (sulfide) groups is 1. The molecule has 10 nitrogen and oxygen atoms in total. The number of rotatable bonds is 10. The van der Waals surface area contributed by atoms with Gasteiger partial charge in [-0.05, 0) is 35.9 Å². The SMILES string of the molecule is O=C(CN(c1ccccc1[N+](=O)[O-])S(=O)(=O)c1ccccc1)N/N=C\c1cccc(OC2CSC2)c1. The monoisotopic (exact) mass is 526 g/mol. The van der Waals surface area contributed by atoms with Crippen LogP contribution in [0, 0.1) is 10.1 Å². The average molecular weight is 527 g/mol. The number of hydrogen-bond donors (Lipinski definition) is 1. The van der Waals surface area contributed by atoms with Gasteiger partial charge in [0.05, 0.1) is 16.0 Å². The molecular weight excluding hydrogens is 504 g/mol. The molecule has 0 bridgehead atoms. The molecule has 0 atom stereocenters. The van der Waals surface area contributed by atoms with Crippen LogP contribution in [0.3, 0.4) is 0 Å². The maximum absolute atomic E-state index is 13.4. The van der Waals surface area contributed by atoms with Crippen LogP contribution >= 0.6 is 11.8 Å². The second kappa shape index (κ2) is 11.2. The number of para-hydroxylation sites is 2. The Kier molecular flexibility index (Phi) is 7.86. The highest BCUT2D eigenvalue weighted by Crippen LogP contribution is 2.32. The summed E-state index contributed by atoms with van der Waals surface area (Å²) < 4.78 is 33.3. The molecule has 36 heavy (non-hydrogen) atoms. The zero-order valence-corrected chi connectivity index (χ0v) is 20.5. The van der Waals surface area contributed by atoms with Gasteiger partial charge in [0.2, 0.25) is 0 Å². The van der Waals surface area contributed by atoms with E-state index in [9.17, 15) is 23.3 Å². The summed E-state index contributed by atoms with van der Waals surface area (Å²) in [6, 6.07) is 19.9. The third-order valence-corrected chi connectivity index (χ3v) is 8.13. The van der Waals surface area contributed by atoms with Gasteiger partial charge in [0, 0.05) is 17.6 Å². The number of nitrogens with zero attached hydrogens (tertiary/aromatic N) is 3. The van der Waals surface area contributed by atoms with E-state index in [4.69, 9.17) is 4.74 Å². The number of nitro groups is 1. The molecule has 0 aromatic heterocycles. The summed E-state index contributed by atoms with van der Waals surface area (Å²) in [5, 5.41) is 15.5. The Morgan fingerprint density at radius 2 is 1.83 bits per heavy atom. The fourth-order valence-electron chi connectivity index (χ4n) is 3.34. The molecule has 3 aromatic rings. The molecule has 1 aliphatic heterocycles. The lowest BCUT2D eigenvalue weighted by Crippen LogP contribution is -2.39. The molecule has 186 valence electrons. The van der Waals surface area contributed by atoms with Crippen LogP contribution in [-0.4, -0.2) is 49.6 Å². The van der Waals surface area contributed by atoms with E-state index in [1.54, 1.807) is 24.3 Å².